The zero-order valence-electron chi connectivity index (χ0n) is 17.4. The third-order valence-corrected chi connectivity index (χ3v) is 6.09. The number of nitrogens with zero attached hydrogens (tertiary/aromatic N) is 4. The second-order valence-electron chi connectivity index (χ2n) is 7.51. The van der Waals surface area contributed by atoms with Crippen LogP contribution in [0.3, 0.4) is 0 Å². The van der Waals surface area contributed by atoms with Crippen molar-refractivity contribution >= 4 is 23.4 Å². The number of hydrazone groups is 1. The Balaban J connectivity index is 1.32. The fourth-order valence-electron chi connectivity index (χ4n) is 3.59. The van der Waals surface area contributed by atoms with Gasteiger partial charge in [0, 0.05) is 12.0 Å². The van der Waals surface area contributed by atoms with Gasteiger partial charge in [-0.3, -0.25) is 9.89 Å². The number of nitrogens with one attached hydrogen (secondary N) is 1. The number of aromatic nitrogens is 3. The molecule has 3 heterocycles. The number of amides is 1. The van der Waals surface area contributed by atoms with Gasteiger partial charge in [0.2, 0.25) is 5.16 Å². The standard InChI is InChI=1S/C24H21N5O2S/c1-16-9-11-17(12-10-16)19-14-20(21-8-5-13-31-21)29(28-19)22(30)15-32-24-25-23(26-27-24)18-6-3-2-4-7-18/h2-13,20H,14-15H2,1H3,(H,25,26,27)/t20-/m1/s1. The van der Waals surface area contributed by atoms with E-state index in [0.29, 0.717) is 17.4 Å². The van der Waals surface area contributed by atoms with Gasteiger partial charge in [-0.05, 0) is 24.6 Å². The van der Waals surface area contributed by atoms with Gasteiger partial charge in [0.05, 0.1) is 17.7 Å². The lowest BCUT2D eigenvalue weighted by Gasteiger charge is -2.19. The molecule has 1 atom stereocenters. The summed E-state index contributed by atoms with van der Waals surface area (Å²) in [6, 6.07) is 21.4. The van der Waals surface area contributed by atoms with Gasteiger partial charge < -0.3 is 4.42 Å². The summed E-state index contributed by atoms with van der Waals surface area (Å²) in [6.45, 7) is 2.05. The SMILES string of the molecule is Cc1ccc(C2=NN(C(=O)CSc3n[nH]c(-c4ccccc4)n3)[C@@H](c3ccco3)C2)cc1. The van der Waals surface area contributed by atoms with Gasteiger partial charge >= 0.3 is 0 Å². The number of benzene rings is 2. The summed E-state index contributed by atoms with van der Waals surface area (Å²) < 4.78 is 5.61. The molecule has 4 aromatic rings. The highest BCUT2D eigenvalue weighted by atomic mass is 32.2. The van der Waals surface area contributed by atoms with Crippen molar-refractivity contribution in [3.63, 3.8) is 0 Å². The molecule has 0 spiro atoms. The van der Waals surface area contributed by atoms with E-state index in [1.807, 2.05) is 73.7 Å². The van der Waals surface area contributed by atoms with Crippen LogP contribution in [-0.4, -0.2) is 37.6 Å². The number of thioether (sulfide) groups is 1. The van der Waals surface area contributed by atoms with Crippen LogP contribution >= 0.6 is 11.8 Å². The molecule has 1 aliphatic heterocycles. The first-order valence-electron chi connectivity index (χ1n) is 10.3. The number of furan rings is 1. The van der Waals surface area contributed by atoms with Crippen molar-refractivity contribution in [1.29, 1.82) is 0 Å². The van der Waals surface area contributed by atoms with Crippen molar-refractivity contribution in [3.05, 3.63) is 89.9 Å². The van der Waals surface area contributed by atoms with Crippen molar-refractivity contribution in [2.45, 2.75) is 24.5 Å². The molecule has 0 radical (unpaired) electrons. The van der Waals surface area contributed by atoms with E-state index in [9.17, 15) is 4.79 Å². The number of carbonyl (C=O) groups is 1. The number of hydrogen-bond acceptors (Lipinski definition) is 6. The minimum Gasteiger partial charge on any atom is -0.467 e. The summed E-state index contributed by atoms with van der Waals surface area (Å²) in [4.78, 5) is 17.6. The van der Waals surface area contributed by atoms with Crippen LogP contribution in [0.25, 0.3) is 11.4 Å². The van der Waals surface area contributed by atoms with Crippen LogP contribution in [0.2, 0.25) is 0 Å². The molecule has 8 heteroatoms. The Hall–Kier alpha value is -3.65. The van der Waals surface area contributed by atoms with E-state index in [2.05, 4.69) is 20.3 Å². The fourth-order valence-corrected chi connectivity index (χ4v) is 4.24. The summed E-state index contributed by atoms with van der Waals surface area (Å²) in [7, 11) is 0. The Bertz CT molecular complexity index is 1230. The van der Waals surface area contributed by atoms with Gasteiger partial charge in [0.15, 0.2) is 5.82 Å². The summed E-state index contributed by atoms with van der Waals surface area (Å²) in [5, 5.41) is 13.9. The maximum atomic E-state index is 13.1. The number of hydrogen-bond donors (Lipinski definition) is 1. The summed E-state index contributed by atoms with van der Waals surface area (Å²) >= 11 is 1.28. The van der Waals surface area contributed by atoms with E-state index in [1.165, 1.54) is 22.3 Å². The van der Waals surface area contributed by atoms with Crippen LogP contribution in [0, 0.1) is 6.92 Å². The number of carbonyl (C=O) groups excluding carboxylic acids is 1. The van der Waals surface area contributed by atoms with Gasteiger partial charge in [-0.2, -0.15) is 5.10 Å². The molecule has 0 aliphatic carbocycles. The second-order valence-corrected chi connectivity index (χ2v) is 8.45. The molecule has 32 heavy (non-hydrogen) atoms. The van der Waals surface area contributed by atoms with Crippen molar-refractivity contribution in [2.24, 2.45) is 5.10 Å². The Kier molecular flexibility index (Phi) is 5.60. The fraction of sp³-hybridized carbons (Fsp3) is 0.167. The lowest BCUT2D eigenvalue weighted by molar-refractivity contribution is -0.130. The van der Waals surface area contributed by atoms with Gasteiger partial charge in [-0.15, -0.1) is 5.10 Å². The molecule has 0 bridgehead atoms. The van der Waals surface area contributed by atoms with Crippen molar-refractivity contribution in [1.82, 2.24) is 20.2 Å². The largest absolute Gasteiger partial charge is 0.467 e. The Morgan fingerprint density at radius 2 is 1.91 bits per heavy atom. The van der Waals surface area contributed by atoms with Crippen molar-refractivity contribution in [2.75, 3.05) is 5.75 Å². The molecule has 160 valence electrons. The highest BCUT2D eigenvalue weighted by Crippen LogP contribution is 2.34. The Labute approximate surface area is 189 Å². The molecule has 1 N–H and O–H groups in total. The molecule has 1 aliphatic rings. The first-order valence-corrected chi connectivity index (χ1v) is 11.3. The molecule has 5 rings (SSSR count). The minimum absolute atomic E-state index is 0.121. The van der Waals surface area contributed by atoms with Crippen LogP contribution < -0.4 is 0 Å². The van der Waals surface area contributed by atoms with E-state index in [4.69, 9.17) is 4.42 Å². The zero-order valence-corrected chi connectivity index (χ0v) is 18.2. The topological polar surface area (TPSA) is 87.4 Å². The molecule has 0 saturated heterocycles. The summed E-state index contributed by atoms with van der Waals surface area (Å²) in [5.41, 5.74) is 4.01. The van der Waals surface area contributed by atoms with Crippen molar-refractivity contribution < 1.29 is 9.21 Å². The molecular formula is C24H21N5O2S. The molecule has 7 nitrogen and oxygen atoms in total. The molecule has 2 aromatic heterocycles. The first kappa shape index (κ1) is 20.3. The quantitative estimate of drug-likeness (QED) is 0.431. The molecule has 0 saturated carbocycles. The number of aryl methyl sites for hydroxylation is 1. The van der Waals surface area contributed by atoms with Crippen LogP contribution in [0.5, 0.6) is 0 Å². The predicted octanol–water partition coefficient (Wildman–Crippen LogP) is 4.84. The van der Waals surface area contributed by atoms with Gasteiger partial charge in [-0.25, -0.2) is 9.99 Å². The monoisotopic (exact) mass is 443 g/mol. The lowest BCUT2D eigenvalue weighted by atomic mass is 10.0. The molecule has 2 aromatic carbocycles. The molecule has 1 amide bonds. The van der Waals surface area contributed by atoms with Gasteiger partial charge in [0.1, 0.15) is 11.8 Å². The van der Waals surface area contributed by atoms with E-state index in [-0.39, 0.29) is 17.7 Å². The molecule has 0 fully saturated rings. The maximum absolute atomic E-state index is 13.1. The normalized spacial score (nSPS) is 15.7. The van der Waals surface area contributed by atoms with Crippen LogP contribution in [0.4, 0.5) is 0 Å². The predicted molar refractivity (Wildman–Crippen MR) is 123 cm³/mol. The first-order chi connectivity index (χ1) is 15.7. The Morgan fingerprint density at radius 1 is 1.09 bits per heavy atom. The maximum Gasteiger partial charge on any atom is 0.253 e. The third-order valence-electron chi connectivity index (χ3n) is 5.26. The molecule has 0 unspecified atom stereocenters. The number of aromatic amines is 1. The third kappa shape index (κ3) is 4.22. The second kappa shape index (κ2) is 8.84. The van der Waals surface area contributed by atoms with E-state index >= 15 is 0 Å². The minimum atomic E-state index is -0.263. The van der Waals surface area contributed by atoms with Gasteiger partial charge in [-0.1, -0.05) is 71.9 Å². The average molecular weight is 444 g/mol. The van der Waals surface area contributed by atoms with Gasteiger partial charge in [0.25, 0.3) is 5.91 Å². The summed E-state index contributed by atoms with van der Waals surface area (Å²) in [5.74, 6) is 1.45. The van der Waals surface area contributed by atoms with Crippen LogP contribution in [0.1, 0.15) is 29.3 Å². The summed E-state index contributed by atoms with van der Waals surface area (Å²) in [6.07, 6.45) is 2.22. The van der Waals surface area contributed by atoms with E-state index in [0.717, 1.165) is 22.6 Å². The lowest BCUT2D eigenvalue weighted by Crippen LogP contribution is -2.28. The average Bonchev–Trinajstić information content (AvgIpc) is 3.59. The smallest absolute Gasteiger partial charge is 0.253 e. The Morgan fingerprint density at radius 3 is 2.66 bits per heavy atom. The zero-order chi connectivity index (χ0) is 21.9. The van der Waals surface area contributed by atoms with E-state index in [1.54, 1.807) is 6.26 Å². The van der Waals surface area contributed by atoms with Crippen LogP contribution in [-0.2, 0) is 4.79 Å². The number of H-pyrrole nitrogens is 1. The van der Waals surface area contributed by atoms with Crippen molar-refractivity contribution in [3.8, 4) is 11.4 Å². The number of rotatable bonds is 6. The van der Waals surface area contributed by atoms with E-state index < -0.39 is 0 Å². The highest BCUT2D eigenvalue weighted by Gasteiger charge is 2.34. The van der Waals surface area contributed by atoms with Crippen LogP contribution in [0.15, 0.2) is 87.7 Å². The highest BCUT2D eigenvalue weighted by molar-refractivity contribution is 7.99. The molecular weight excluding hydrogens is 422 g/mol.